The summed E-state index contributed by atoms with van der Waals surface area (Å²) >= 11 is 1.47. The molecule has 6 heteroatoms. The molecule has 0 spiro atoms. The summed E-state index contributed by atoms with van der Waals surface area (Å²) in [5, 5.41) is 6.98. The molecule has 3 atom stereocenters. The van der Waals surface area contributed by atoms with E-state index in [0.29, 0.717) is 23.1 Å². The lowest BCUT2D eigenvalue weighted by Crippen LogP contribution is -2.54. The Kier molecular flexibility index (Phi) is 4.06. The molecule has 1 aliphatic carbocycles. The number of piperidine rings is 1. The highest BCUT2D eigenvalue weighted by Crippen LogP contribution is 2.45. The molecule has 2 N–H and O–H groups in total. The third-order valence-corrected chi connectivity index (χ3v) is 6.89. The van der Waals surface area contributed by atoms with Gasteiger partial charge in [-0.2, -0.15) is 0 Å². The van der Waals surface area contributed by atoms with E-state index in [1.165, 1.54) is 33.4 Å². The van der Waals surface area contributed by atoms with Crippen molar-refractivity contribution >= 4 is 33.3 Å². The summed E-state index contributed by atoms with van der Waals surface area (Å²) in [5.74, 6) is 0.467. The van der Waals surface area contributed by atoms with Gasteiger partial charge in [-0.15, -0.1) is 11.3 Å². The van der Waals surface area contributed by atoms with E-state index in [1.54, 1.807) is 6.20 Å². The van der Waals surface area contributed by atoms with Crippen LogP contribution in [0.4, 0.5) is 5.13 Å². The van der Waals surface area contributed by atoms with Gasteiger partial charge in [0.15, 0.2) is 5.13 Å². The van der Waals surface area contributed by atoms with Gasteiger partial charge in [0, 0.05) is 53.2 Å². The van der Waals surface area contributed by atoms with Crippen LogP contribution in [0.15, 0.2) is 36.0 Å². The molecule has 1 fully saturated rings. The maximum absolute atomic E-state index is 13.0. The van der Waals surface area contributed by atoms with Crippen LogP contribution < -0.4 is 5.32 Å². The molecule has 5 rings (SSSR count). The largest absolute Gasteiger partial charge is 0.361 e. The molecule has 0 radical (unpaired) electrons. The fourth-order valence-corrected chi connectivity index (χ4v) is 5.54. The molecule has 1 amide bonds. The number of carbonyl (C=O) groups is 1. The van der Waals surface area contributed by atoms with Crippen LogP contribution in [0.5, 0.6) is 0 Å². The minimum absolute atomic E-state index is 0.0201. The molecule has 2 aromatic heterocycles. The first kappa shape index (κ1) is 17.0. The monoisotopic (exact) mass is 380 g/mol. The van der Waals surface area contributed by atoms with Gasteiger partial charge in [-0.1, -0.05) is 12.1 Å². The number of nitrogens with one attached hydrogen (secondary N) is 2. The van der Waals surface area contributed by atoms with Crippen molar-refractivity contribution in [1.82, 2.24) is 14.9 Å². The molecule has 1 aliphatic heterocycles. The first-order chi connectivity index (χ1) is 13.1. The van der Waals surface area contributed by atoms with Crippen LogP contribution >= 0.6 is 11.3 Å². The number of hydrogen-bond acceptors (Lipinski definition) is 4. The molecule has 1 saturated heterocycles. The normalized spacial score (nSPS) is 24.9. The summed E-state index contributed by atoms with van der Waals surface area (Å²) in [7, 11) is 0. The Bertz CT molecular complexity index is 977. The number of amides is 1. The number of rotatable bonds is 3. The zero-order chi connectivity index (χ0) is 18.5. The number of nitrogens with zero attached hydrogens (tertiary/aromatic N) is 2. The number of aromatic amines is 1. The number of thiazole rings is 1. The summed E-state index contributed by atoms with van der Waals surface area (Å²) < 4.78 is 0. The van der Waals surface area contributed by atoms with Crippen molar-refractivity contribution in [2.45, 2.75) is 44.7 Å². The lowest BCUT2D eigenvalue weighted by molar-refractivity contribution is -0.123. The highest BCUT2D eigenvalue weighted by atomic mass is 32.1. The molecular weight excluding hydrogens is 356 g/mol. The predicted molar refractivity (Wildman–Crippen MR) is 109 cm³/mol. The highest BCUT2D eigenvalue weighted by molar-refractivity contribution is 7.13. The van der Waals surface area contributed by atoms with Gasteiger partial charge in [0.2, 0.25) is 5.91 Å². The average molecular weight is 381 g/mol. The van der Waals surface area contributed by atoms with Gasteiger partial charge in [-0.25, -0.2) is 4.98 Å². The van der Waals surface area contributed by atoms with Gasteiger partial charge < -0.3 is 10.3 Å². The number of benzene rings is 1. The Balaban J connectivity index is 1.50. The molecule has 3 heterocycles. The molecule has 0 bridgehead atoms. The maximum atomic E-state index is 13.0. The van der Waals surface area contributed by atoms with Crippen molar-refractivity contribution in [2.24, 2.45) is 5.92 Å². The number of hydrogen-bond donors (Lipinski definition) is 2. The fourth-order valence-electron chi connectivity index (χ4n) is 5.01. The van der Waals surface area contributed by atoms with Crippen LogP contribution in [0, 0.1) is 5.92 Å². The van der Waals surface area contributed by atoms with Crippen LogP contribution in [0.1, 0.15) is 37.3 Å². The Morgan fingerprint density at radius 3 is 3.07 bits per heavy atom. The number of fused-ring (bicyclic) bond motifs is 2. The maximum Gasteiger partial charge on any atom is 0.230 e. The standard InChI is InChI=1S/C21H24N4OS/c1-12(2)25-11-14(20(26)24-21-22-6-7-27-21)8-16-15-4-3-5-17-19(15)13(10-23-17)9-18(16)25/h3-7,10,12,14,16,18,23H,8-9,11H2,1-2H3,(H,22,24,26)/t14-,16?,18-/m1/s1. The third kappa shape index (κ3) is 2.78. The van der Waals surface area contributed by atoms with Gasteiger partial charge in [0.1, 0.15) is 0 Å². The molecule has 1 unspecified atom stereocenters. The van der Waals surface area contributed by atoms with Crippen molar-refractivity contribution in [3.63, 3.8) is 0 Å². The van der Waals surface area contributed by atoms with Gasteiger partial charge in [-0.05, 0) is 43.9 Å². The Morgan fingerprint density at radius 2 is 2.30 bits per heavy atom. The molecule has 1 aromatic carbocycles. The van der Waals surface area contributed by atoms with E-state index in [9.17, 15) is 4.79 Å². The first-order valence-electron chi connectivity index (χ1n) is 9.67. The van der Waals surface area contributed by atoms with E-state index in [4.69, 9.17) is 0 Å². The predicted octanol–water partition coefficient (Wildman–Crippen LogP) is 4.00. The Hall–Kier alpha value is -2.18. The summed E-state index contributed by atoms with van der Waals surface area (Å²) in [6, 6.07) is 7.42. The second-order valence-electron chi connectivity index (χ2n) is 8.01. The summed E-state index contributed by atoms with van der Waals surface area (Å²) in [6.45, 7) is 5.29. The summed E-state index contributed by atoms with van der Waals surface area (Å²) in [5.41, 5.74) is 4.03. The van der Waals surface area contributed by atoms with Crippen LogP contribution in [-0.2, 0) is 11.2 Å². The van der Waals surface area contributed by atoms with E-state index in [-0.39, 0.29) is 11.8 Å². The number of anilines is 1. The molecule has 2 aliphatic rings. The molecule has 5 nitrogen and oxygen atoms in total. The van der Waals surface area contributed by atoms with Crippen LogP contribution in [0.2, 0.25) is 0 Å². The second kappa shape index (κ2) is 6.46. The highest BCUT2D eigenvalue weighted by Gasteiger charge is 2.43. The van der Waals surface area contributed by atoms with Crippen LogP contribution in [-0.4, -0.2) is 39.4 Å². The minimum Gasteiger partial charge on any atom is -0.361 e. The average Bonchev–Trinajstić information content (AvgIpc) is 3.32. The molecule has 0 saturated carbocycles. The fraction of sp³-hybridized carbons (Fsp3) is 0.429. The van der Waals surface area contributed by atoms with Gasteiger partial charge >= 0.3 is 0 Å². The summed E-state index contributed by atoms with van der Waals surface area (Å²) in [6.07, 6.45) is 5.85. The van der Waals surface area contributed by atoms with Crippen molar-refractivity contribution in [2.75, 3.05) is 11.9 Å². The molecule has 3 aromatic rings. The molecule has 140 valence electrons. The lowest BCUT2D eigenvalue weighted by Gasteiger charge is -2.48. The van der Waals surface area contributed by atoms with E-state index in [2.05, 4.69) is 58.4 Å². The molecular formula is C21H24N4OS. The van der Waals surface area contributed by atoms with E-state index in [1.807, 2.05) is 5.38 Å². The van der Waals surface area contributed by atoms with Crippen molar-refractivity contribution in [3.8, 4) is 0 Å². The van der Waals surface area contributed by atoms with E-state index in [0.717, 1.165) is 19.4 Å². The van der Waals surface area contributed by atoms with Gasteiger partial charge in [0.25, 0.3) is 0 Å². The van der Waals surface area contributed by atoms with Crippen molar-refractivity contribution in [1.29, 1.82) is 0 Å². The Morgan fingerprint density at radius 1 is 1.41 bits per heavy atom. The summed E-state index contributed by atoms with van der Waals surface area (Å²) in [4.78, 5) is 23.1. The van der Waals surface area contributed by atoms with Crippen LogP contribution in [0.25, 0.3) is 10.9 Å². The second-order valence-corrected chi connectivity index (χ2v) is 8.91. The smallest absolute Gasteiger partial charge is 0.230 e. The zero-order valence-electron chi connectivity index (χ0n) is 15.6. The topological polar surface area (TPSA) is 61.0 Å². The van der Waals surface area contributed by atoms with E-state index < -0.39 is 0 Å². The third-order valence-electron chi connectivity index (χ3n) is 6.20. The van der Waals surface area contributed by atoms with Gasteiger partial charge in [-0.3, -0.25) is 9.69 Å². The SMILES string of the molecule is CC(C)N1C[C@H](C(=O)Nc2nccs2)CC2c3cccc4[nH]cc(c34)C[C@H]21. The van der Waals surface area contributed by atoms with E-state index >= 15 is 0 Å². The van der Waals surface area contributed by atoms with Gasteiger partial charge in [0.05, 0.1) is 5.92 Å². The van der Waals surface area contributed by atoms with Crippen LogP contribution in [0.3, 0.4) is 0 Å². The lowest BCUT2D eigenvalue weighted by atomic mass is 9.71. The number of likely N-dealkylation sites (tertiary alicyclic amines) is 1. The Labute approximate surface area is 162 Å². The number of H-pyrrole nitrogens is 1. The number of aromatic nitrogens is 2. The van der Waals surface area contributed by atoms with Crippen molar-refractivity contribution in [3.05, 3.63) is 47.1 Å². The minimum atomic E-state index is -0.0201. The quantitative estimate of drug-likeness (QED) is 0.722. The zero-order valence-corrected chi connectivity index (χ0v) is 16.4. The first-order valence-corrected chi connectivity index (χ1v) is 10.5. The molecule has 27 heavy (non-hydrogen) atoms. The van der Waals surface area contributed by atoms with Crippen molar-refractivity contribution < 1.29 is 4.79 Å². The number of carbonyl (C=O) groups excluding carboxylic acids is 1.